The maximum atomic E-state index is 12.4. The number of hydrogen-bond acceptors (Lipinski definition) is 6. The summed E-state index contributed by atoms with van der Waals surface area (Å²) in [6.07, 6.45) is 0.712. The van der Waals surface area contributed by atoms with Gasteiger partial charge in [-0.05, 0) is 39.3 Å². The Bertz CT molecular complexity index is 603. The lowest BCUT2D eigenvalue weighted by atomic mass is 10.0. The lowest BCUT2D eigenvalue weighted by Crippen LogP contribution is -2.39. The minimum atomic E-state index is -0.471. The van der Waals surface area contributed by atoms with Gasteiger partial charge in [0, 0.05) is 36.4 Å². The summed E-state index contributed by atoms with van der Waals surface area (Å²) in [5, 5.41) is 13.5. The molecule has 0 radical (unpaired) electrons. The normalized spacial score (nSPS) is 21.0. The van der Waals surface area contributed by atoms with E-state index in [2.05, 4.69) is 40.3 Å². The molecule has 2 aliphatic heterocycles. The van der Waals surface area contributed by atoms with Crippen molar-refractivity contribution in [3.8, 4) is 0 Å². The van der Waals surface area contributed by atoms with Crippen LogP contribution >= 0.6 is 0 Å². The van der Waals surface area contributed by atoms with E-state index in [4.69, 9.17) is 4.74 Å². The highest BCUT2D eigenvalue weighted by Gasteiger charge is 2.33. The number of esters is 1. The Morgan fingerprint density at radius 2 is 1.96 bits per heavy atom. The zero-order valence-electron chi connectivity index (χ0n) is 14.2. The average Bonchev–Trinajstić information content (AvgIpc) is 3.09. The topological polar surface area (TPSA) is 74.4 Å². The minimum Gasteiger partial charge on any atom is -0.458 e. The van der Waals surface area contributed by atoms with Crippen LogP contribution in [-0.2, 0) is 16.0 Å². The van der Waals surface area contributed by atoms with Crippen LogP contribution in [0.1, 0.15) is 31.9 Å². The number of fused-ring (bicyclic) bond motifs is 1. The summed E-state index contributed by atoms with van der Waals surface area (Å²) in [5.74, 6) is -0.198. The zero-order chi connectivity index (χ0) is 16.6. The number of aryl methyl sites for hydroxylation is 1. The molecule has 1 fully saturated rings. The molecule has 6 nitrogen and oxygen atoms in total. The summed E-state index contributed by atoms with van der Waals surface area (Å²) < 4.78 is 5.52. The van der Waals surface area contributed by atoms with Crippen LogP contribution in [0.25, 0.3) is 0 Å². The van der Waals surface area contributed by atoms with E-state index in [1.54, 1.807) is 0 Å². The quantitative estimate of drug-likeness (QED) is 0.634. The van der Waals surface area contributed by atoms with Crippen LogP contribution in [0.3, 0.4) is 0 Å². The molecule has 2 aliphatic rings. The third-order valence-corrected chi connectivity index (χ3v) is 4.06. The van der Waals surface area contributed by atoms with Crippen molar-refractivity contribution >= 4 is 17.3 Å². The van der Waals surface area contributed by atoms with Crippen molar-refractivity contribution in [2.45, 2.75) is 52.0 Å². The summed E-state index contributed by atoms with van der Waals surface area (Å²) in [6, 6.07) is 3.82. The molecule has 1 aromatic carbocycles. The largest absolute Gasteiger partial charge is 0.458 e. The van der Waals surface area contributed by atoms with Gasteiger partial charge in [0.25, 0.3) is 0 Å². The molecule has 1 atom stereocenters. The molecule has 6 heteroatoms. The number of carbonyl (C=O) groups is 1. The molecular weight excluding hydrogens is 292 g/mol. The second-order valence-electron chi connectivity index (χ2n) is 7.20. The van der Waals surface area contributed by atoms with E-state index in [9.17, 15) is 4.79 Å². The summed E-state index contributed by atoms with van der Waals surface area (Å²) >= 11 is 0. The van der Waals surface area contributed by atoms with Gasteiger partial charge in [0.05, 0.1) is 0 Å². The molecule has 0 bridgehead atoms. The lowest BCUT2D eigenvalue weighted by Gasteiger charge is -2.22. The number of ether oxygens (including phenoxy) is 1. The summed E-state index contributed by atoms with van der Waals surface area (Å²) in [7, 11) is 0. The van der Waals surface area contributed by atoms with Crippen molar-refractivity contribution < 1.29 is 9.53 Å². The highest BCUT2D eigenvalue weighted by atomic mass is 16.6. The van der Waals surface area contributed by atoms with E-state index in [1.807, 2.05) is 20.8 Å². The van der Waals surface area contributed by atoms with Crippen LogP contribution < -0.4 is 21.3 Å². The Hall–Kier alpha value is -1.79. The van der Waals surface area contributed by atoms with Crippen LogP contribution in [0.5, 0.6) is 0 Å². The molecule has 4 N–H and O–H groups in total. The van der Waals surface area contributed by atoms with Gasteiger partial charge < -0.3 is 15.4 Å². The smallest absolute Gasteiger partial charge is 0.329 e. The molecule has 2 heterocycles. The monoisotopic (exact) mass is 318 g/mol. The van der Waals surface area contributed by atoms with Crippen LogP contribution in [0.15, 0.2) is 12.1 Å². The summed E-state index contributed by atoms with van der Waals surface area (Å²) in [6.45, 7) is 9.63. The molecule has 0 aliphatic carbocycles. The Labute approximate surface area is 137 Å². The van der Waals surface area contributed by atoms with E-state index in [-0.39, 0.29) is 18.3 Å². The van der Waals surface area contributed by atoms with Crippen molar-refractivity contribution in [1.29, 1.82) is 0 Å². The second kappa shape index (κ2) is 6.02. The van der Waals surface area contributed by atoms with Gasteiger partial charge in [0.2, 0.25) is 0 Å². The summed E-state index contributed by atoms with van der Waals surface area (Å²) in [4.78, 5) is 12.4. The zero-order valence-corrected chi connectivity index (χ0v) is 14.2. The lowest BCUT2D eigenvalue weighted by molar-refractivity contribution is -0.155. The van der Waals surface area contributed by atoms with Gasteiger partial charge in [-0.2, -0.15) is 0 Å². The maximum Gasteiger partial charge on any atom is 0.329 e. The molecule has 1 saturated heterocycles. The number of anilines is 2. The molecule has 1 aromatic rings. The number of nitrogens with one attached hydrogen (secondary N) is 4. The first-order chi connectivity index (χ1) is 10.8. The predicted molar refractivity (Wildman–Crippen MR) is 91.6 cm³/mol. The Morgan fingerprint density at radius 3 is 2.61 bits per heavy atom. The first-order valence-electron chi connectivity index (χ1n) is 8.19. The average molecular weight is 318 g/mol. The Balaban J connectivity index is 1.77. The molecule has 0 saturated carbocycles. The van der Waals surface area contributed by atoms with Crippen molar-refractivity contribution in [3.63, 3.8) is 0 Å². The third kappa shape index (κ3) is 3.59. The minimum absolute atomic E-state index is 0.0717. The van der Waals surface area contributed by atoms with E-state index in [1.165, 1.54) is 0 Å². The number of benzene rings is 1. The fraction of sp³-hybridized carbons (Fsp3) is 0.588. The Kier molecular flexibility index (Phi) is 4.21. The van der Waals surface area contributed by atoms with Crippen molar-refractivity contribution in [2.75, 3.05) is 23.7 Å². The standard InChI is InChI=1S/C17H26N4O2/c1-10-5-6-12(21-16-18-7-8-19-16)11-9-13(20-14(10)11)15(22)23-17(2,3)4/h5-6,13,16,18-21H,7-9H2,1-4H3. The van der Waals surface area contributed by atoms with Gasteiger partial charge in [0.1, 0.15) is 17.9 Å². The van der Waals surface area contributed by atoms with Gasteiger partial charge in [-0.1, -0.05) is 6.07 Å². The molecule has 0 amide bonds. The third-order valence-electron chi connectivity index (χ3n) is 4.06. The van der Waals surface area contributed by atoms with E-state index in [0.717, 1.165) is 35.6 Å². The molecule has 1 unspecified atom stereocenters. The fourth-order valence-corrected chi connectivity index (χ4v) is 3.02. The maximum absolute atomic E-state index is 12.4. The molecular formula is C17H26N4O2. The SMILES string of the molecule is Cc1ccc(NC2NCCN2)c2c1NC(C(=O)OC(C)(C)C)C2. The first kappa shape index (κ1) is 16.1. The molecule has 3 rings (SSSR count). The van der Waals surface area contributed by atoms with Gasteiger partial charge >= 0.3 is 5.97 Å². The van der Waals surface area contributed by atoms with Crippen molar-refractivity contribution in [2.24, 2.45) is 0 Å². The van der Waals surface area contributed by atoms with Crippen molar-refractivity contribution in [1.82, 2.24) is 10.6 Å². The highest BCUT2D eigenvalue weighted by Crippen LogP contribution is 2.36. The number of rotatable bonds is 3. The van der Waals surface area contributed by atoms with E-state index in [0.29, 0.717) is 6.42 Å². The van der Waals surface area contributed by atoms with Gasteiger partial charge in [-0.15, -0.1) is 0 Å². The van der Waals surface area contributed by atoms with Crippen LogP contribution in [0, 0.1) is 6.92 Å². The number of carbonyl (C=O) groups excluding carboxylic acids is 1. The van der Waals surface area contributed by atoms with Gasteiger partial charge in [-0.3, -0.25) is 10.6 Å². The predicted octanol–water partition coefficient (Wildman–Crippen LogP) is 1.56. The Morgan fingerprint density at radius 1 is 1.26 bits per heavy atom. The second-order valence-corrected chi connectivity index (χ2v) is 7.20. The van der Waals surface area contributed by atoms with E-state index >= 15 is 0 Å². The first-order valence-corrected chi connectivity index (χ1v) is 8.19. The molecule has 126 valence electrons. The fourth-order valence-electron chi connectivity index (χ4n) is 3.02. The molecule has 23 heavy (non-hydrogen) atoms. The van der Waals surface area contributed by atoms with Crippen LogP contribution in [0.2, 0.25) is 0 Å². The van der Waals surface area contributed by atoms with E-state index < -0.39 is 5.60 Å². The van der Waals surface area contributed by atoms with Crippen LogP contribution in [-0.4, -0.2) is 37.0 Å². The molecule has 0 aromatic heterocycles. The van der Waals surface area contributed by atoms with Crippen LogP contribution in [0.4, 0.5) is 11.4 Å². The van der Waals surface area contributed by atoms with Gasteiger partial charge in [-0.25, -0.2) is 4.79 Å². The number of hydrogen-bond donors (Lipinski definition) is 4. The van der Waals surface area contributed by atoms with Crippen molar-refractivity contribution in [3.05, 3.63) is 23.3 Å². The summed E-state index contributed by atoms with van der Waals surface area (Å²) in [5.41, 5.74) is 3.92. The highest BCUT2D eigenvalue weighted by molar-refractivity contribution is 5.86. The molecule has 0 spiro atoms. The van der Waals surface area contributed by atoms with Gasteiger partial charge in [0.15, 0.2) is 0 Å².